The lowest BCUT2D eigenvalue weighted by molar-refractivity contribution is 0.375. The minimum absolute atomic E-state index is 0. The molecule has 2 rings (SSSR count). The Morgan fingerprint density at radius 3 is 2.54 bits per heavy atom. The van der Waals surface area contributed by atoms with E-state index in [0.29, 0.717) is 24.7 Å². The first-order valence-corrected chi connectivity index (χ1v) is 7.92. The van der Waals surface area contributed by atoms with Crippen molar-refractivity contribution in [2.24, 2.45) is 4.99 Å². The first-order valence-electron chi connectivity index (χ1n) is 7.92. The van der Waals surface area contributed by atoms with Crippen molar-refractivity contribution in [3.8, 4) is 0 Å². The van der Waals surface area contributed by atoms with Crippen LogP contribution < -0.4 is 5.32 Å². The first kappa shape index (κ1) is 20.4. The van der Waals surface area contributed by atoms with Crippen LogP contribution in [0.3, 0.4) is 0 Å². The highest BCUT2D eigenvalue weighted by Gasteiger charge is 2.07. The molecule has 1 heterocycles. The second-order valence-electron chi connectivity index (χ2n) is 5.56. The predicted octanol–water partition coefficient (Wildman–Crippen LogP) is 2.94. The largest absolute Gasteiger partial charge is 0.357 e. The molecule has 6 nitrogen and oxygen atoms in total. The van der Waals surface area contributed by atoms with Crippen LogP contribution in [0.4, 0.5) is 0 Å². The lowest BCUT2D eigenvalue weighted by Gasteiger charge is -2.22. The van der Waals surface area contributed by atoms with Gasteiger partial charge in [-0.05, 0) is 26.3 Å². The minimum atomic E-state index is 0. The molecule has 0 aliphatic carbocycles. The molecule has 0 spiro atoms. The van der Waals surface area contributed by atoms with Crippen LogP contribution in [0, 0.1) is 13.8 Å². The van der Waals surface area contributed by atoms with E-state index in [1.807, 2.05) is 14.0 Å². The van der Waals surface area contributed by atoms with Crippen molar-refractivity contribution in [1.82, 2.24) is 20.4 Å². The summed E-state index contributed by atoms with van der Waals surface area (Å²) in [5.74, 6) is 2.17. The second kappa shape index (κ2) is 10.3. The van der Waals surface area contributed by atoms with Gasteiger partial charge in [-0.15, -0.1) is 24.0 Å². The third-order valence-corrected chi connectivity index (χ3v) is 3.39. The summed E-state index contributed by atoms with van der Waals surface area (Å²) in [6.07, 6.45) is 0.647. The van der Waals surface area contributed by atoms with E-state index in [2.05, 4.69) is 63.5 Å². The molecule has 1 aromatic heterocycles. The minimum Gasteiger partial charge on any atom is -0.357 e. The Morgan fingerprint density at radius 1 is 1.25 bits per heavy atom. The van der Waals surface area contributed by atoms with Crippen LogP contribution in [0.25, 0.3) is 0 Å². The average Bonchev–Trinajstić information content (AvgIpc) is 2.94. The van der Waals surface area contributed by atoms with E-state index in [-0.39, 0.29) is 24.0 Å². The van der Waals surface area contributed by atoms with Gasteiger partial charge in [0.25, 0.3) is 0 Å². The fraction of sp³-hybridized carbons (Fsp3) is 0.471. The molecule has 0 aliphatic rings. The number of aryl methyl sites for hydroxylation is 2. The predicted molar refractivity (Wildman–Crippen MR) is 107 cm³/mol. The number of hydrogen-bond acceptors (Lipinski definition) is 4. The fourth-order valence-corrected chi connectivity index (χ4v) is 2.21. The molecule has 0 aliphatic heterocycles. The van der Waals surface area contributed by atoms with Gasteiger partial charge < -0.3 is 14.7 Å². The summed E-state index contributed by atoms with van der Waals surface area (Å²) in [7, 11) is 2.04. The zero-order valence-electron chi connectivity index (χ0n) is 14.7. The number of hydrogen-bond donors (Lipinski definition) is 1. The highest BCUT2D eigenvalue weighted by molar-refractivity contribution is 14.0. The van der Waals surface area contributed by atoms with Crippen LogP contribution >= 0.6 is 24.0 Å². The van der Waals surface area contributed by atoms with Crippen molar-refractivity contribution in [3.05, 3.63) is 47.1 Å². The van der Waals surface area contributed by atoms with Gasteiger partial charge in [-0.1, -0.05) is 35.0 Å². The van der Waals surface area contributed by atoms with Gasteiger partial charge in [0, 0.05) is 26.6 Å². The zero-order valence-corrected chi connectivity index (χ0v) is 17.1. The molecule has 1 aromatic carbocycles. The molecule has 7 heteroatoms. The number of aliphatic imine (C=N–C) groups is 1. The van der Waals surface area contributed by atoms with E-state index in [4.69, 9.17) is 4.52 Å². The molecule has 132 valence electrons. The SMILES string of the molecule is CCNC(=NCCc1nc(C)no1)N(C)Cc1ccc(C)cc1.I. The highest BCUT2D eigenvalue weighted by atomic mass is 127. The van der Waals surface area contributed by atoms with Crippen LogP contribution in [-0.2, 0) is 13.0 Å². The smallest absolute Gasteiger partial charge is 0.228 e. The van der Waals surface area contributed by atoms with E-state index in [0.717, 1.165) is 19.0 Å². The summed E-state index contributed by atoms with van der Waals surface area (Å²) in [6, 6.07) is 8.56. The number of nitrogens with one attached hydrogen (secondary N) is 1. The molecule has 2 aromatic rings. The number of benzene rings is 1. The molecule has 0 radical (unpaired) electrons. The summed E-state index contributed by atoms with van der Waals surface area (Å²) >= 11 is 0. The molecular weight excluding hydrogens is 417 g/mol. The van der Waals surface area contributed by atoms with Crippen LogP contribution in [-0.4, -0.2) is 41.1 Å². The first-order chi connectivity index (χ1) is 11.1. The maximum atomic E-state index is 5.11. The van der Waals surface area contributed by atoms with Crippen molar-refractivity contribution in [3.63, 3.8) is 0 Å². The topological polar surface area (TPSA) is 66.5 Å². The van der Waals surface area contributed by atoms with Gasteiger partial charge in [-0.3, -0.25) is 4.99 Å². The van der Waals surface area contributed by atoms with E-state index in [9.17, 15) is 0 Å². The normalized spacial score (nSPS) is 11.1. The summed E-state index contributed by atoms with van der Waals surface area (Å²) < 4.78 is 5.11. The fourth-order valence-electron chi connectivity index (χ4n) is 2.21. The molecule has 0 atom stereocenters. The lowest BCUT2D eigenvalue weighted by atomic mass is 10.1. The lowest BCUT2D eigenvalue weighted by Crippen LogP contribution is -2.38. The molecule has 0 saturated carbocycles. The van der Waals surface area contributed by atoms with Crippen LogP contribution in [0.2, 0.25) is 0 Å². The van der Waals surface area contributed by atoms with E-state index < -0.39 is 0 Å². The van der Waals surface area contributed by atoms with Gasteiger partial charge in [0.2, 0.25) is 5.89 Å². The Hall–Kier alpha value is -1.64. The molecule has 0 bridgehead atoms. The summed E-state index contributed by atoms with van der Waals surface area (Å²) in [5, 5.41) is 7.10. The van der Waals surface area contributed by atoms with Gasteiger partial charge in [0.1, 0.15) is 0 Å². The van der Waals surface area contributed by atoms with Crippen LogP contribution in [0.5, 0.6) is 0 Å². The molecular formula is C17H26IN5O. The Balaban J connectivity index is 0.00000288. The van der Waals surface area contributed by atoms with Crippen LogP contribution in [0.15, 0.2) is 33.8 Å². The number of aromatic nitrogens is 2. The Labute approximate surface area is 160 Å². The van der Waals surface area contributed by atoms with Gasteiger partial charge in [0.05, 0.1) is 6.54 Å². The summed E-state index contributed by atoms with van der Waals surface area (Å²) in [5.41, 5.74) is 2.53. The Kier molecular flexibility index (Phi) is 8.73. The van der Waals surface area contributed by atoms with Gasteiger partial charge in [-0.2, -0.15) is 4.98 Å². The van der Waals surface area contributed by atoms with Gasteiger partial charge in [-0.25, -0.2) is 0 Å². The standard InChI is InChI=1S/C17H25N5O.HI/c1-5-18-17(19-11-10-16-20-14(3)21-23-16)22(4)12-15-8-6-13(2)7-9-15;/h6-9H,5,10-12H2,1-4H3,(H,18,19);1H. The molecule has 24 heavy (non-hydrogen) atoms. The van der Waals surface area contributed by atoms with Gasteiger partial charge in [0.15, 0.2) is 11.8 Å². The third-order valence-electron chi connectivity index (χ3n) is 3.39. The van der Waals surface area contributed by atoms with Crippen molar-refractivity contribution in [1.29, 1.82) is 0 Å². The monoisotopic (exact) mass is 443 g/mol. The number of guanidine groups is 1. The number of nitrogens with zero attached hydrogens (tertiary/aromatic N) is 4. The van der Waals surface area contributed by atoms with E-state index in [1.54, 1.807) is 0 Å². The average molecular weight is 443 g/mol. The number of halogens is 1. The Morgan fingerprint density at radius 2 is 1.96 bits per heavy atom. The zero-order chi connectivity index (χ0) is 16.7. The molecule has 1 N–H and O–H groups in total. The van der Waals surface area contributed by atoms with Crippen molar-refractivity contribution in [2.75, 3.05) is 20.1 Å². The maximum Gasteiger partial charge on any atom is 0.228 e. The van der Waals surface area contributed by atoms with Crippen molar-refractivity contribution >= 4 is 29.9 Å². The van der Waals surface area contributed by atoms with E-state index >= 15 is 0 Å². The van der Waals surface area contributed by atoms with Crippen LogP contribution in [0.1, 0.15) is 29.8 Å². The second-order valence-corrected chi connectivity index (χ2v) is 5.56. The molecule has 0 saturated heterocycles. The quantitative estimate of drug-likeness (QED) is 0.423. The van der Waals surface area contributed by atoms with Crippen molar-refractivity contribution < 1.29 is 4.52 Å². The molecule has 0 unspecified atom stereocenters. The summed E-state index contributed by atoms with van der Waals surface area (Å²) in [4.78, 5) is 10.9. The third kappa shape index (κ3) is 6.46. The number of rotatable bonds is 6. The maximum absolute atomic E-state index is 5.11. The molecule has 0 fully saturated rings. The van der Waals surface area contributed by atoms with Crippen molar-refractivity contribution in [2.45, 2.75) is 33.7 Å². The van der Waals surface area contributed by atoms with Gasteiger partial charge >= 0.3 is 0 Å². The summed E-state index contributed by atoms with van der Waals surface area (Å²) in [6.45, 7) is 8.23. The highest BCUT2D eigenvalue weighted by Crippen LogP contribution is 2.06. The molecule has 0 amide bonds. The van der Waals surface area contributed by atoms with E-state index in [1.165, 1.54) is 11.1 Å². The Bertz CT molecular complexity index is 639.